The molecule has 0 aliphatic carbocycles. The molecule has 34 heavy (non-hydrogen) atoms. The quantitative estimate of drug-likeness (QED) is 0.410. The summed E-state index contributed by atoms with van der Waals surface area (Å²) in [6, 6.07) is 14.5. The number of fused-ring (bicyclic) bond motifs is 2. The zero-order valence-electron chi connectivity index (χ0n) is 19.3. The zero-order chi connectivity index (χ0) is 24.1. The Balaban J connectivity index is 1.51. The van der Waals surface area contributed by atoms with Crippen LogP contribution in [0.4, 0.5) is 17.5 Å². The number of nitrogen functional groups attached to an aromatic ring is 1. The molecule has 0 amide bonds. The molecule has 0 radical (unpaired) electrons. The summed E-state index contributed by atoms with van der Waals surface area (Å²) in [7, 11) is -3.79. The molecule has 1 aliphatic heterocycles. The summed E-state index contributed by atoms with van der Waals surface area (Å²) in [5, 5.41) is 10.9. The van der Waals surface area contributed by atoms with Crippen molar-refractivity contribution in [1.29, 1.82) is 0 Å². The number of hydrogen-bond donors (Lipinski definition) is 3. The molecular formula is C24H27N7O2S. The summed E-state index contributed by atoms with van der Waals surface area (Å²) >= 11 is 0. The molecule has 2 aromatic heterocycles. The van der Waals surface area contributed by atoms with Crippen molar-refractivity contribution in [1.82, 2.24) is 20.2 Å². The molecule has 0 saturated carbocycles. The van der Waals surface area contributed by atoms with Crippen molar-refractivity contribution in [2.45, 2.75) is 43.5 Å². The molecule has 10 heteroatoms. The lowest BCUT2D eigenvalue weighted by Crippen LogP contribution is -2.45. The van der Waals surface area contributed by atoms with Crippen LogP contribution in [0, 0.1) is 0 Å². The first-order chi connectivity index (χ1) is 16.1. The minimum atomic E-state index is -3.79. The third-order valence-corrected chi connectivity index (χ3v) is 7.88. The predicted molar refractivity (Wildman–Crippen MR) is 133 cm³/mol. The molecule has 1 aliphatic rings. The van der Waals surface area contributed by atoms with Gasteiger partial charge in [-0.25, -0.2) is 8.42 Å². The van der Waals surface area contributed by atoms with Crippen molar-refractivity contribution < 1.29 is 8.42 Å². The Morgan fingerprint density at radius 2 is 1.82 bits per heavy atom. The molecule has 0 bridgehead atoms. The number of aromatic amines is 1. The lowest BCUT2D eigenvalue weighted by Gasteiger charge is -2.36. The van der Waals surface area contributed by atoms with E-state index in [-0.39, 0.29) is 28.8 Å². The van der Waals surface area contributed by atoms with Crippen LogP contribution in [-0.2, 0) is 21.9 Å². The van der Waals surface area contributed by atoms with Gasteiger partial charge in [-0.15, -0.1) is 0 Å². The van der Waals surface area contributed by atoms with Crippen LogP contribution < -0.4 is 15.4 Å². The second-order valence-electron chi connectivity index (χ2n) is 9.55. The van der Waals surface area contributed by atoms with Gasteiger partial charge in [0.2, 0.25) is 5.95 Å². The van der Waals surface area contributed by atoms with Crippen LogP contribution in [0.1, 0.15) is 31.9 Å². The summed E-state index contributed by atoms with van der Waals surface area (Å²) < 4.78 is 29.0. The normalized spacial score (nSPS) is 16.4. The molecule has 0 saturated heterocycles. The number of nitrogens with two attached hydrogens (primary N) is 1. The Labute approximate surface area is 198 Å². The molecule has 9 nitrogen and oxygen atoms in total. The molecule has 3 heterocycles. The van der Waals surface area contributed by atoms with Crippen LogP contribution in [0.5, 0.6) is 0 Å². The van der Waals surface area contributed by atoms with Crippen LogP contribution in [0.2, 0.25) is 0 Å². The highest BCUT2D eigenvalue weighted by atomic mass is 32.2. The van der Waals surface area contributed by atoms with Crippen molar-refractivity contribution in [3.05, 3.63) is 65.9 Å². The minimum Gasteiger partial charge on any atom is -0.368 e. The van der Waals surface area contributed by atoms with Gasteiger partial charge in [0.25, 0.3) is 10.0 Å². The highest BCUT2D eigenvalue weighted by Gasteiger charge is 2.34. The van der Waals surface area contributed by atoms with Gasteiger partial charge in [-0.05, 0) is 41.2 Å². The van der Waals surface area contributed by atoms with Crippen molar-refractivity contribution in [2.75, 3.05) is 21.9 Å². The zero-order valence-corrected chi connectivity index (χ0v) is 20.1. The van der Waals surface area contributed by atoms with Gasteiger partial charge in [0.1, 0.15) is 5.82 Å². The fraction of sp³-hybridized carbons (Fsp3) is 0.292. The molecule has 2 aromatic carbocycles. The van der Waals surface area contributed by atoms with E-state index < -0.39 is 10.0 Å². The van der Waals surface area contributed by atoms with E-state index in [1.165, 1.54) is 4.31 Å². The third-order valence-electron chi connectivity index (χ3n) is 6.09. The Hall–Kier alpha value is -3.66. The van der Waals surface area contributed by atoms with Crippen molar-refractivity contribution >= 4 is 38.5 Å². The number of para-hydroxylation sites is 1. The topological polar surface area (TPSA) is 130 Å². The first-order valence-corrected chi connectivity index (χ1v) is 12.5. The van der Waals surface area contributed by atoms with E-state index in [0.29, 0.717) is 29.0 Å². The van der Waals surface area contributed by atoms with Gasteiger partial charge < -0.3 is 11.1 Å². The Bertz CT molecular complexity index is 1460. The standard InChI is InChI=1S/C24H27N7O2S/c1-24(2,3)16-8-10-18(11-9-16)34(32,33)31-14-17(12-15-6-4-5-7-20(15)31)27-21-19-13-26-30-22(19)29-23(25)28-21/h4-11,13,17H,12,14H2,1-3H3,(H4,25,26,27,28,29,30). The molecule has 0 fully saturated rings. The molecule has 4 N–H and O–H groups in total. The average Bonchev–Trinajstić information content (AvgIpc) is 3.27. The maximum atomic E-state index is 13.8. The van der Waals surface area contributed by atoms with Gasteiger partial charge in [0.05, 0.1) is 34.8 Å². The van der Waals surface area contributed by atoms with E-state index in [0.717, 1.165) is 11.1 Å². The van der Waals surface area contributed by atoms with Gasteiger partial charge >= 0.3 is 0 Å². The van der Waals surface area contributed by atoms with Gasteiger partial charge in [0, 0.05) is 0 Å². The van der Waals surface area contributed by atoms with Crippen LogP contribution in [0.3, 0.4) is 0 Å². The fourth-order valence-electron chi connectivity index (χ4n) is 4.29. The third kappa shape index (κ3) is 3.94. The van der Waals surface area contributed by atoms with E-state index in [1.807, 2.05) is 36.4 Å². The van der Waals surface area contributed by atoms with Crippen LogP contribution >= 0.6 is 0 Å². The maximum Gasteiger partial charge on any atom is 0.264 e. The van der Waals surface area contributed by atoms with Gasteiger partial charge in [-0.1, -0.05) is 51.1 Å². The largest absolute Gasteiger partial charge is 0.368 e. The number of sulfonamides is 1. The lowest BCUT2D eigenvalue weighted by atomic mass is 9.87. The molecule has 1 unspecified atom stereocenters. The second-order valence-corrected chi connectivity index (χ2v) is 11.4. The molecular weight excluding hydrogens is 450 g/mol. The van der Waals surface area contributed by atoms with E-state index >= 15 is 0 Å². The van der Waals surface area contributed by atoms with Gasteiger partial charge in [-0.3, -0.25) is 9.40 Å². The number of rotatable bonds is 4. The van der Waals surface area contributed by atoms with E-state index in [4.69, 9.17) is 5.73 Å². The number of hydrogen-bond acceptors (Lipinski definition) is 7. The number of nitrogens with one attached hydrogen (secondary N) is 2. The number of nitrogens with zero attached hydrogens (tertiary/aromatic N) is 4. The summed E-state index contributed by atoms with van der Waals surface area (Å²) in [6.45, 7) is 6.54. The Kier molecular flexibility index (Phi) is 5.20. The van der Waals surface area contributed by atoms with Gasteiger partial charge in [-0.2, -0.15) is 15.1 Å². The summed E-state index contributed by atoms with van der Waals surface area (Å²) in [5.74, 6) is 0.631. The van der Waals surface area contributed by atoms with Crippen LogP contribution in [0.25, 0.3) is 11.0 Å². The Morgan fingerprint density at radius 3 is 2.56 bits per heavy atom. The number of benzene rings is 2. The lowest BCUT2D eigenvalue weighted by molar-refractivity contribution is 0.578. The highest BCUT2D eigenvalue weighted by molar-refractivity contribution is 7.92. The number of anilines is 3. The molecule has 4 aromatic rings. The predicted octanol–water partition coefficient (Wildman–Crippen LogP) is 3.46. The fourth-order valence-corrected chi connectivity index (χ4v) is 5.84. The number of aromatic nitrogens is 4. The minimum absolute atomic E-state index is 0.0627. The second kappa shape index (κ2) is 7.98. The van der Waals surface area contributed by atoms with Crippen LogP contribution in [0.15, 0.2) is 59.6 Å². The first-order valence-electron chi connectivity index (χ1n) is 11.1. The SMILES string of the molecule is CC(C)(C)c1ccc(S(=O)(=O)N2CC(Nc3nc(N)nc4[nH]ncc34)Cc3ccccc32)cc1. The summed E-state index contributed by atoms with van der Waals surface area (Å²) in [5.41, 5.74) is 9.03. The summed E-state index contributed by atoms with van der Waals surface area (Å²) in [4.78, 5) is 8.74. The smallest absolute Gasteiger partial charge is 0.264 e. The molecule has 5 rings (SSSR count). The van der Waals surface area contributed by atoms with Gasteiger partial charge in [0.15, 0.2) is 5.65 Å². The Morgan fingerprint density at radius 1 is 1.09 bits per heavy atom. The monoisotopic (exact) mass is 477 g/mol. The van der Waals surface area contributed by atoms with Crippen molar-refractivity contribution in [3.63, 3.8) is 0 Å². The van der Waals surface area contributed by atoms with Crippen molar-refractivity contribution in [3.8, 4) is 0 Å². The number of H-pyrrole nitrogens is 1. The average molecular weight is 478 g/mol. The highest BCUT2D eigenvalue weighted by Crippen LogP contribution is 2.34. The van der Waals surface area contributed by atoms with E-state index in [9.17, 15) is 8.42 Å². The summed E-state index contributed by atoms with van der Waals surface area (Å²) in [6.07, 6.45) is 2.26. The molecule has 176 valence electrons. The molecule has 0 spiro atoms. The van der Waals surface area contributed by atoms with Crippen LogP contribution in [-0.4, -0.2) is 41.2 Å². The van der Waals surface area contributed by atoms with Crippen molar-refractivity contribution in [2.24, 2.45) is 0 Å². The van der Waals surface area contributed by atoms with E-state index in [2.05, 4.69) is 46.3 Å². The first kappa shape index (κ1) is 22.1. The maximum absolute atomic E-state index is 13.8. The molecule has 1 atom stereocenters. The van der Waals surface area contributed by atoms with E-state index in [1.54, 1.807) is 18.3 Å².